The quantitative estimate of drug-likeness (QED) is 0.825. The molecule has 4 heteroatoms. The highest BCUT2D eigenvalue weighted by Gasteiger charge is 2.27. The van der Waals surface area contributed by atoms with Crippen LogP contribution in [0.5, 0.6) is 0 Å². The van der Waals surface area contributed by atoms with Crippen LogP contribution in [0, 0.1) is 0 Å². The first-order valence-corrected chi connectivity index (χ1v) is 7.12. The van der Waals surface area contributed by atoms with E-state index in [0.717, 1.165) is 12.1 Å². The number of likely N-dealkylation sites (tertiary alicyclic amines) is 1. The van der Waals surface area contributed by atoms with Gasteiger partial charge in [0.05, 0.1) is 5.92 Å². The van der Waals surface area contributed by atoms with Crippen LogP contribution in [0.1, 0.15) is 31.2 Å². The maximum atomic E-state index is 13.2. The zero-order valence-corrected chi connectivity index (χ0v) is 11.9. The van der Waals surface area contributed by atoms with Crippen LogP contribution in [0.4, 0.5) is 4.39 Å². The van der Waals surface area contributed by atoms with Gasteiger partial charge in [0.2, 0.25) is 0 Å². The first kappa shape index (κ1) is 14.5. The Morgan fingerprint density at radius 3 is 2.68 bits per heavy atom. The third-order valence-corrected chi connectivity index (χ3v) is 3.92. The predicted molar refractivity (Wildman–Crippen MR) is 75.4 cm³/mol. The molecule has 0 saturated carbocycles. The van der Waals surface area contributed by atoms with E-state index >= 15 is 0 Å². The predicted octanol–water partition coefficient (Wildman–Crippen LogP) is 3.45. The summed E-state index contributed by atoms with van der Waals surface area (Å²) in [4.78, 5) is 14.2. The number of benzene rings is 1. The van der Waals surface area contributed by atoms with Crippen molar-refractivity contribution < 1.29 is 9.18 Å². The highest BCUT2D eigenvalue weighted by atomic mass is 35.5. The van der Waals surface area contributed by atoms with Crippen LogP contribution in [0.25, 0.3) is 0 Å². The number of carbonyl (C=O) groups excluding carboxylic acids is 1. The van der Waals surface area contributed by atoms with Gasteiger partial charge in [-0.1, -0.05) is 30.7 Å². The van der Waals surface area contributed by atoms with Crippen LogP contribution in [0.15, 0.2) is 24.3 Å². The van der Waals surface area contributed by atoms with Gasteiger partial charge in [-0.15, -0.1) is 0 Å². The summed E-state index contributed by atoms with van der Waals surface area (Å²) in [5, 5.41) is 0.663. The fourth-order valence-corrected chi connectivity index (χ4v) is 2.67. The van der Waals surface area contributed by atoms with Gasteiger partial charge in [-0.3, -0.25) is 9.69 Å². The molecule has 1 aliphatic rings. The Kier molecular flexibility index (Phi) is 4.94. The summed E-state index contributed by atoms with van der Waals surface area (Å²) in [7, 11) is 0. The first-order chi connectivity index (χ1) is 9.10. The van der Waals surface area contributed by atoms with Crippen LogP contribution in [-0.2, 0) is 4.79 Å². The standard InChI is InChI=1S/C15H19ClFNO/c1-2-15(19)14(10-18-8-7-13(17)9-18)11-3-5-12(16)6-4-11/h3-6,13-14H,2,7-10H2,1H3/t13-,14?/m0/s1. The molecule has 0 aromatic heterocycles. The molecule has 0 amide bonds. The summed E-state index contributed by atoms with van der Waals surface area (Å²) in [6.45, 7) is 3.66. The molecule has 1 saturated heterocycles. The molecule has 1 aromatic carbocycles. The Bertz CT molecular complexity index is 434. The lowest BCUT2D eigenvalue weighted by Gasteiger charge is -2.22. The monoisotopic (exact) mass is 283 g/mol. The lowest BCUT2D eigenvalue weighted by molar-refractivity contribution is -0.120. The van der Waals surface area contributed by atoms with Crippen molar-refractivity contribution in [1.29, 1.82) is 0 Å². The number of rotatable bonds is 5. The van der Waals surface area contributed by atoms with E-state index in [-0.39, 0.29) is 11.7 Å². The smallest absolute Gasteiger partial charge is 0.141 e. The Hall–Kier alpha value is -0.930. The van der Waals surface area contributed by atoms with E-state index in [0.29, 0.717) is 31.0 Å². The summed E-state index contributed by atoms with van der Waals surface area (Å²) >= 11 is 5.87. The number of Topliss-reactive ketones (excluding diaryl/α,β-unsaturated/α-hetero) is 1. The van der Waals surface area contributed by atoms with Gasteiger partial charge >= 0.3 is 0 Å². The van der Waals surface area contributed by atoms with Crippen LogP contribution < -0.4 is 0 Å². The number of ketones is 1. The summed E-state index contributed by atoms with van der Waals surface area (Å²) in [6.07, 6.45) is 0.330. The SMILES string of the molecule is CCC(=O)C(CN1CC[C@H](F)C1)c1ccc(Cl)cc1. The molecule has 1 fully saturated rings. The average molecular weight is 284 g/mol. The van der Waals surface area contributed by atoms with Gasteiger partial charge in [-0.05, 0) is 24.1 Å². The lowest BCUT2D eigenvalue weighted by Crippen LogP contribution is -2.30. The first-order valence-electron chi connectivity index (χ1n) is 6.74. The van der Waals surface area contributed by atoms with Crippen LogP contribution >= 0.6 is 11.6 Å². The molecule has 0 N–H and O–H groups in total. The van der Waals surface area contributed by atoms with Gasteiger partial charge in [-0.25, -0.2) is 4.39 Å². The number of hydrogen-bond acceptors (Lipinski definition) is 2. The average Bonchev–Trinajstić information content (AvgIpc) is 2.82. The Morgan fingerprint density at radius 1 is 1.47 bits per heavy atom. The highest BCUT2D eigenvalue weighted by molar-refractivity contribution is 6.30. The van der Waals surface area contributed by atoms with E-state index in [2.05, 4.69) is 0 Å². The largest absolute Gasteiger partial charge is 0.299 e. The number of halogens is 2. The van der Waals surface area contributed by atoms with Gasteiger partial charge < -0.3 is 0 Å². The number of nitrogens with zero attached hydrogens (tertiary/aromatic N) is 1. The second-order valence-corrected chi connectivity index (χ2v) is 5.51. The van der Waals surface area contributed by atoms with Gasteiger partial charge in [0, 0.05) is 31.1 Å². The van der Waals surface area contributed by atoms with E-state index in [4.69, 9.17) is 11.6 Å². The molecule has 19 heavy (non-hydrogen) atoms. The Labute approximate surface area is 118 Å². The second kappa shape index (κ2) is 6.49. The lowest BCUT2D eigenvalue weighted by atomic mass is 9.93. The minimum absolute atomic E-state index is 0.174. The molecule has 1 aliphatic heterocycles. The van der Waals surface area contributed by atoms with Crippen LogP contribution in [0.3, 0.4) is 0 Å². The molecule has 2 rings (SSSR count). The molecule has 0 radical (unpaired) electrons. The number of hydrogen-bond donors (Lipinski definition) is 0. The van der Waals surface area contributed by atoms with Gasteiger partial charge in [0.15, 0.2) is 0 Å². The Balaban J connectivity index is 2.11. The molecule has 1 unspecified atom stereocenters. The van der Waals surface area contributed by atoms with Crippen molar-refractivity contribution >= 4 is 17.4 Å². The summed E-state index contributed by atoms with van der Waals surface area (Å²) in [5.41, 5.74) is 0.971. The van der Waals surface area contributed by atoms with E-state index in [1.54, 1.807) is 12.1 Å². The fraction of sp³-hybridized carbons (Fsp3) is 0.533. The number of carbonyl (C=O) groups is 1. The minimum Gasteiger partial charge on any atom is -0.299 e. The second-order valence-electron chi connectivity index (χ2n) is 5.07. The van der Waals surface area contributed by atoms with Gasteiger partial charge in [0.25, 0.3) is 0 Å². The highest BCUT2D eigenvalue weighted by Crippen LogP contribution is 2.24. The molecule has 0 bridgehead atoms. The van der Waals surface area contributed by atoms with Crippen molar-refractivity contribution in [3.63, 3.8) is 0 Å². The van der Waals surface area contributed by atoms with Crippen LogP contribution in [-0.4, -0.2) is 36.5 Å². The summed E-state index contributed by atoms with van der Waals surface area (Å²) in [6, 6.07) is 7.39. The number of alkyl halides is 1. The summed E-state index contributed by atoms with van der Waals surface area (Å²) in [5.74, 6) is 0.0252. The van der Waals surface area contributed by atoms with Crippen molar-refractivity contribution in [2.75, 3.05) is 19.6 Å². The minimum atomic E-state index is -0.748. The van der Waals surface area contributed by atoms with Crippen molar-refractivity contribution in [2.24, 2.45) is 0 Å². The molecule has 2 nitrogen and oxygen atoms in total. The summed E-state index contributed by atoms with van der Waals surface area (Å²) < 4.78 is 13.2. The van der Waals surface area contributed by atoms with Crippen molar-refractivity contribution in [3.8, 4) is 0 Å². The van der Waals surface area contributed by atoms with Crippen molar-refractivity contribution in [2.45, 2.75) is 31.9 Å². The zero-order valence-electron chi connectivity index (χ0n) is 11.1. The molecule has 0 aliphatic carbocycles. The maximum Gasteiger partial charge on any atom is 0.141 e. The van der Waals surface area contributed by atoms with E-state index < -0.39 is 6.17 Å². The maximum absolute atomic E-state index is 13.2. The van der Waals surface area contributed by atoms with E-state index in [9.17, 15) is 9.18 Å². The molecule has 1 heterocycles. The molecular weight excluding hydrogens is 265 g/mol. The molecule has 104 valence electrons. The van der Waals surface area contributed by atoms with Crippen molar-refractivity contribution in [1.82, 2.24) is 4.90 Å². The molecule has 0 spiro atoms. The van der Waals surface area contributed by atoms with E-state index in [1.165, 1.54) is 0 Å². The normalized spacial score (nSPS) is 21.5. The third-order valence-electron chi connectivity index (χ3n) is 3.67. The molecular formula is C15H19ClFNO. The van der Waals surface area contributed by atoms with Crippen LogP contribution in [0.2, 0.25) is 5.02 Å². The third kappa shape index (κ3) is 3.77. The topological polar surface area (TPSA) is 20.3 Å². The molecule has 2 atom stereocenters. The Morgan fingerprint density at radius 2 is 2.16 bits per heavy atom. The van der Waals surface area contributed by atoms with Gasteiger partial charge in [-0.2, -0.15) is 0 Å². The zero-order chi connectivity index (χ0) is 13.8. The van der Waals surface area contributed by atoms with Crippen molar-refractivity contribution in [3.05, 3.63) is 34.9 Å². The fourth-order valence-electron chi connectivity index (χ4n) is 2.54. The molecule has 1 aromatic rings. The van der Waals surface area contributed by atoms with Gasteiger partial charge in [0.1, 0.15) is 12.0 Å². The van der Waals surface area contributed by atoms with E-state index in [1.807, 2.05) is 24.0 Å².